The Morgan fingerprint density at radius 1 is 1.41 bits per heavy atom. The molecule has 1 amide bonds. The summed E-state index contributed by atoms with van der Waals surface area (Å²) in [6.07, 6.45) is 0. The zero-order valence-corrected chi connectivity index (χ0v) is 10.4. The van der Waals surface area contributed by atoms with Crippen molar-refractivity contribution in [2.24, 2.45) is 0 Å². The van der Waals surface area contributed by atoms with Crippen molar-refractivity contribution in [1.82, 2.24) is 4.90 Å². The van der Waals surface area contributed by atoms with E-state index in [1.807, 2.05) is 6.92 Å². The molecule has 0 unspecified atom stereocenters. The Balaban J connectivity index is 2.90. The first-order valence-electron chi connectivity index (χ1n) is 5.45. The molecular formula is C12H18FN3O. The van der Waals surface area contributed by atoms with Gasteiger partial charge in [-0.05, 0) is 25.1 Å². The number of likely N-dealkylation sites (N-methyl/N-ethyl adjacent to an activating group) is 2. The van der Waals surface area contributed by atoms with Crippen LogP contribution < -0.4 is 10.6 Å². The summed E-state index contributed by atoms with van der Waals surface area (Å²) in [4.78, 5) is 14.8. The molecule has 0 radical (unpaired) electrons. The second kappa shape index (κ2) is 5.52. The van der Waals surface area contributed by atoms with E-state index in [0.717, 1.165) is 0 Å². The lowest BCUT2D eigenvalue weighted by Crippen LogP contribution is -2.37. The molecule has 17 heavy (non-hydrogen) atoms. The Labute approximate surface area is 101 Å². The minimum absolute atomic E-state index is 0.0666. The second-order valence-electron chi connectivity index (χ2n) is 4.01. The van der Waals surface area contributed by atoms with Crippen LogP contribution in [0.2, 0.25) is 0 Å². The third kappa shape index (κ3) is 3.34. The van der Waals surface area contributed by atoms with Gasteiger partial charge < -0.3 is 15.5 Å². The SMILES string of the molecule is CCN(CC(=O)N(C)C)c1ccc(N)cc1F. The van der Waals surface area contributed by atoms with Gasteiger partial charge in [0.15, 0.2) is 0 Å². The summed E-state index contributed by atoms with van der Waals surface area (Å²) >= 11 is 0. The van der Waals surface area contributed by atoms with Gasteiger partial charge in [-0.25, -0.2) is 4.39 Å². The highest BCUT2D eigenvalue weighted by molar-refractivity contribution is 5.81. The Hall–Kier alpha value is -1.78. The topological polar surface area (TPSA) is 49.6 Å². The minimum Gasteiger partial charge on any atom is -0.399 e. The van der Waals surface area contributed by atoms with E-state index in [1.165, 1.54) is 11.0 Å². The first kappa shape index (κ1) is 13.3. The van der Waals surface area contributed by atoms with E-state index in [2.05, 4.69) is 0 Å². The first-order chi connectivity index (χ1) is 7.95. The predicted molar refractivity (Wildman–Crippen MR) is 67.4 cm³/mol. The molecule has 0 atom stereocenters. The Morgan fingerprint density at radius 3 is 2.53 bits per heavy atom. The Kier molecular flexibility index (Phi) is 4.31. The molecule has 0 aromatic heterocycles. The molecule has 94 valence electrons. The van der Waals surface area contributed by atoms with Crippen LogP contribution >= 0.6 is 0 Å². The number of nitrogens with two attached hydrogens (primary N) is 1. The van der Waals surface area contributed by atoms with Crippen LogP contribution in [0.15, 0.2) is 18.2 Å². The highest BCUT2D eigenvalue weighted by Crippen LogP contribution is 2.21. The van der Waals surface area contributed by atoms with Crippen molar-refractivity contribution in [2.45, 2.75) is 6.92 Å². The van der Waals surface area contributed by atoms with Crippen molar-refractivity contribution in [3.05, 3.63) is 24.0 Å². The number of amides is 1. The normalized spacial score (nSPS) is 10.1. The summed E-state index contributed by atoms with van der Waals surface area (Å²) in [5.74, 6) is -0.471. The number of hydrogen-bond acceptors (Lipinski definition) is 3. The molecule has 0 heterocycles. The van der Waals surface area contributed by atoms with Crippen molar-refractivity contribution in [3.8, 4) is 0 Å². The molecule has 0 aliphatic heterocycles. The molecule has 0 aliphatic carbocycles. The van der Waals surface area contributed by atoms with E-state index >= 15 is 0 Å². The lowest BCUT2D eigenvalue weighted by Gasteiger charge is -2.24. The summed E-state index contributed by atoms with van der Waals surface area (Å²) in [6.45, 7) is 2.59. The predicted octanol–water partition coefficient (Wildman–Crippen LogP) is 1.32. The Morgan fingerprint density at radius 2 is 2.06 bits per heavy atom. The van der Waals surface area contributed by atoms with Crippen molar-refractivity contribution in [3.63, 3.8) is 0 Å². The van der Waals surface area contributed by atoms with Crippen molar-refractivity contribution >= 4 is 17.3 Å². The fourth-order valence-corrected chi connectivity index (χ4v) is 1.45. The average molecular weight is 239 g/mol. The molecule has 2 N–H and O–H groups in total. The van der Waals surface area contributed by atoms with Crippen LogP contribution in [0.3, 0.4) is 0 Å². The smallest absolute Gasteiger partial charge is 0.241 e. The monoisotopic (exact) mass is 239 g/mol. The van der Waals surface area contributed by atoms with Gasteiger partial charge in [0.05, 0.1) is 12.2 Å². The van der Waals surface area contributed by atoms with Crippen LogP contribution in [-0.2, 0) is 4.79 Å². The number of halogens is 1. The molecule has 0 spiro atoms. The van der Waals surface area contributed by atoms with E-state index in [4.69, 9.17) is 5.73 Å². The zero-order chi connectivity index (χ0) is 13.0. The van der Waals surface area contributed by atoms with Crippen LogP contribution in [0.4, 0.5) is 15.8 Å². The van der Waals surface area contributed by atoms with Crippen LogP contribution in [0.1, 0.15) is 6.92 Å². The van der Waals surface area contributed by atoms with E-state index in [0.29, 0.717) is 17.9 Å². The summed E-state index contributed by atoms with van der Waals surface area (Å²) in [7, 11) is 3.35. The number of carbonyl (C=O) groups excluding carboxylic acids is 1. The van der Waals surface area contributed by atoms with E-state index in [-0.39, 0.29) is 12.5 Å². The standard InChI is InChI=1S/C12H18FN3O/c1-4-16(8-12(17)15(2)3)11-6-5-9(14)7-10(11)13/h5-7H,4,8,14H2,1-3H3. The maximum atomic E-state index is 13.7. The molecule has 5 heteroatoms. The van der Waals surface area contributed by atoms with Gasteiger partial charge >= 0.3 is 0 Å². The minimum atomic E-state index is -0.404. The zero-order valence-electron chi connectivity index (χ0n) is 10.4. The van der Waals surface area contributed by atoms with Gasteiger partial charge in [0.25, 0.3) is 0 Å². The Bertz CT molecular complexity index is 407. The molecule has 0 saturated carbocycles. The van der Waals surface area contributed by atoms with E-state index in [1.54, 1.807) is 31.1 Å². The maximum Gasteiger partial charge on any atom is 0.241 e. The molecule has 4 nitrogen and oxygen atoms in total. The van der Waals surface area contributed by atoms with Gasteiger partial charge in [-0.3, -0.25) is 4.79 Å². The average Bonchev–Trinajstić information content (AvgIpc) is 2.26. The van der Waals surface area contributed by atoms with E-state index in [9.17, 15) is 9.18 Å². The number of rotatable bonds is 4. The van der Waals surface area contributed by atoms with Crippen LogP contribution in [0, 0.1) is 5.82 Å². The fourth-order valence-electron chi connectivity index (χ4n) is 1.45. The number of nitrogen functional groups attached to an aromatic ring is 1. The van der Waals surface area contributed by atoms with Crippen LogP contribution in [0.5, 0.6) is 0 Å². The van der Waals surface area contributed by atoms with Gasteiger partial charge in [0, 0.05) is 26.3 Å². The third-order valence-electron chi connectivity index (χ3n) is 2.52. The number of nitrogens with zero attached hydrogens (tertiary/aromatic N) is 2. The fraction of sp³-hybridized carbons (Fsp3) is 0.417. The summed E-state index contributed by atoms with van der Waals surface area (Å²) in [6, 6.07) is 4.48. The quantitative estimate of drug-likeness (QED) is 0.806. The summed E-state index contributed by atoms with van der Waals surface area (Å²) in [5.41, 5.74) is 6.26. The van der Waals surface area contributed by atoms with Gasteiger partial charge in [-0.2, -0.15) is 0 Å². The molecule has 0 saturated heterocycles. The lowest BCUT2D eigenvalue weighted by atomic mass is 10.2. The molecule has 0 aliphatic rings. The van der Waals surface area contributed by atoms with Gasteiger partial charge in [0.2, 0.25) is 5.91 Å². The number of hydrogen-bond donors (Lipinski definition) is 1. The van der Waals surface area contributed by atoms with Crippen molar-refractivity contribution in [2.75, 3.05) is 37.8 Å². The van der Waals surface area contributed by atoms with Gasteiger partial charge in [-0.15, -0.1) is 0 Å². The second-order valence-corrected chi connectivity index (χ2v) is 4.01. The lowest BCUT2D eigenvalue weighted by molar-refractivity contribution is -0.127. The highest BCUT2D eigenvalue weighted by Gasteiger charge is 2.14. The van der Waals surface area contributed by atoms with Crippen molar-refractivity contribution < 1.29 is 9.18 Å². The van der Waals surface area contributed by atoms with Crippen LogP contribution in [-0.4, -0.2) is 38.0 Å². The van der Waals surface area contributed by atoms with E-state index < -0.39 is 5.82 Å². The molecular weight excluding hydrogens is 221 g/mol. The summed E-state index contributed by atoms with van der Waals surface area (Å²) < 4.78 is 13.7. The number of carbonyl (C=O) groups is 1. The molecule has 0 fully saturated rings. The van der Waals surface area contributed by atoms with Gasteiger partial charge in [-0.1, -0.05) is 0 Å². The van der Waals surface area contributed by atoms with Gasteiger partial charge in [0.1, 0.15) is 5.82 Å². The highest BCUT2D eigenvalue weighted by atomic mass is 19.1. The first-order valence-corrected chi connectivity index (χ1v) is 5.45. The molecule has 1 aromatic rings. The largest absolute Gasteiger partial charge is 0.399 e. The third-order valence-corrected chi connectivity index (χ3v) is 2.52. The maximum absolute atomic E-state index is 13.7. The molecule has 0 bridgehead atoms. The van der Waals surface area contributed by atoms with Crippen LogP contribution in [0.25, 0.3) is 0 Å². The van der Waals surface area contributed by atoms with Crippen molar-refractivity contribution in [1.29, 1.82) is 0 Å². The number of benzene rings is 1. The molecule has 1 aromatic carbocycles. The number of anilines is 2. The summed E-state index contributed by atoms with van der Waals surface area (Å²) in [5, 5.41) is 0. The molecule has 1 rings (SSSR count).